The Balaban J connectivity index is 2.35. The maximum Gasteiger partial charge on any atom is 0.257 e. The van der Waals surface area contributed by atoms with Crippen LogP contribution in [0.1, 0.15) is 42.4 Å². The van der Waals surface area contributed by atoms with E-state index in [0.717, 1.165) is 11.3 Å². The number of aromatic nitrogens is 1. The van der Waals surface area contributed by atoms with Crippen LogP contribution in [0.25, 0.3) is 0 Å². The molecule has 0 aliphatic heterocycles. The molecule has 2 aromatic rings. The lowest BCUT2D eigenvalue weighted by Gasteiger charge is -2.23. The molecular formula is C17H21N3O. The molecule has 1 heterocycles. The van der Waals surface area contributed by atoms with E-state index in [0.29, 0.717) is 16.9 Å². The molecule has 1 aromatic carbocycles. The predicted molar refractivity (Wildman–Crippen MR) is 86.5 cm³/mol. The standard InChI is InChI=1S/C17H21N3O/c1-11-13(9-12(18)10-19-11)16(21)20-15-8-6-5-7-14(15)17(2,3)4/h5-10H,18H2,1-4H3,(H,20,21). The minimum atomic E-state index is -0.191. The van der Waals surface area contributed by atoms with Gasteiger partial charge in [-0.25, -0.2) is 0 Å². The number of rotatable bonds is 2. The second-order valence-corrected chi connectivity index (χ2v) is 6.15. The minimum Gasteiger partial charge on any atom is -0.397 e. The zero-order valence-electron chi connectivity index (χ0n) is 12.9. The summed E-state index contributed by atoms with van der Waals surface area (Å²) in [5.74, 6) is -0.191. The van der Waals surface area contributed by atoms with Gasteiger partial charge in [-0.3, -0.25) is 9.78 Å². The second kappa shape index (κ2) is 5.56. The number of carbonyl (C=O) groups excluding carboxylic acids is 1. The van der Waals surface area contributed by atoms with Crippen LogP contribution in [0.4, 0.5) is 11.4 Å². The number of para-hydroxylation sites is 1. The molecule has 110 valence electrons. The van der Waals surface area contributed by atoms with Gasteiger partial charge in [0.25, 0.3) is 5.91 Å². The lowest BCUT2D eigenvalue weighted by molar-refractivity contribution is 0.102. The number of hydrogen-bond donors (Lipinski definition) is 2. The normalized spacial score (nSPS) is 11.2. The van der Waals surface area contributed by atoms with Crippen molar-refractivity contribution in [3.63, 3.8) is 0 Å². The number of anilines is 2. The molecule has 1 aromatic heterocycles. The summed E-state index contributed by atoms with van der Waals surface area (Å²) in [6.45, 7) is 8.14. The molecule has 4 heteroatoms. The van der Waals surface area contributed by atoms with Crippen LogP contribution in [0, 0.1) is 6.92 Å². The Morgan fingerprint density at radius 1 is 1.24 bits per heavy atom. The topological polar surface area (TPSA) is 68.0 Å². The van der Waals surface area contributed by atoms with Gasteiger partial charge in [-0.1, -0.05) is 39.0 Å². The van der Waals surface area contributed by atoms with E-state index in [1.54, 1.807) is 19.2 Å². The lowest BCUT2D eigenvalue weighted by atomic mass is 9.86. The van der Waals surface area contributed by atoms with Crippen LogP contribution < -0.4 is 11.1 Å². The third-order valence-corrected chi connectivity index (χ3v) is 3.34. The molecule has 2 rings (SSSR count). The van der Waals surface area contributed by atoms with Crippen LogP contribution in [0.5, 0.6) is 0 Å². The molecule has 0 unspecified atom stereocenters. The number of carbonyl (C=O) groups is 1. The number of hydrogen-bond acceptors (Lipinski definition) is 3. The zero-order valence-corrected chi connectivity index (χ0v) is 12.9. The highest BCUT2D eigenvalue weighted by Gasteiger charge is 2.19. The van der Waals surface area contributed by atoms with Crippen molar-refractivity contribution >= 4 is 17.3 Å². The van der Waals surface area contributed by atoms with Crippen LogP contribution in [0.2, 0.25) is 0 Å². The quantitative estimate of drug-likeness (QED) is 0.886. The summed E-state index contributed by atoms with van der Waals surface area (Å²) in [4.78, 5) is 16.6. The molecule has 0 radical (unpaired) electrons. The van der Waals surface area contributed by atoms with Gasteiger partial charge in [0, 0.05) is 5.69 Å². The Morgan fingerprint density at radius 3 is 2.57 bits per heavy atom. The number of nitrogens with two attached hydrogens (primary N) is 1. The molecule has 3 N–H and O–H groups in total. The third kappa shape index (κ3) is 3.40. The van der Waals surface area contributed by atoms with E-state index in [1.807, 2.05) is 24.3 Å². The molecular weight excluding hydrogens is 262 g/mol. The maximum atomic E-state index is 12.5. The summed E-state index contributed by atoms with van der Waals surface area (Å²) in [5, 5.41) is 2.97. The van der Waals surface area contributed by atoms with Gasteiger partial charge in [0.15, 0.2) is 0 Å². The first-order valence-corrected chi connectivity index (χ1v) is 6.92. The van der Waals surface area contributed by atoms with Crippen molar-refractivity contribution in [3.05, 3.63) is 53.3 Å². The summed E-state index contributed by atoms with van der Waals surface area (Å²) < 4.78 is 0. The molecule has 4 nitrogen and oxygen atoms in total. The smallest absolute Gasteiger partial charge is 0.257 e. The van der Waals surface area contributed by atoms with Crippen molar-refractivity contribution in [2.45, 2.75) is 33.1 Å². The van der Waals surface area contributed by atoms with Gasteiger partial charge in [-0.15, -0.1) is 0 Å². The number of nitrogens with one attached hydrogen (secondary N) is 1. The first-order chi connectivity index (χ1) is 9.79. The monoisotopic (exact) mass is 283 g/mol. The minimum absolute atomic E-state index is 0.0487. The van der Waals surface area contributed by atoms with E-state index >= 15 is 0 Å². The predicted octanol–water partition coefficient (Wildman–Crippen LogP) is 3.52. The van der Waals surface area contributed by atoms with E-state index in [4.69, 9.17) is 5.73 Å². The van der Waals surface area contributed by atoms with Gasteiger partial charge in [0.1, 0.15) is 0 Å². The van der Waals surface area contributed by atoms with Crippen LogP contribution in [0.3, 0.4) is 0 Å². The average molecular weight is 283 g/mol. The number of pyridine rings is 1. The zero-order chi connectivity index (χ0) is 15.6. The molecule has 0 atom stereocenters. The van der Waals surface area contributed by atoms with Gasteiger partial charge >= 0.3 is 0 Å². The van der Waals surface area contributed by atoms with Gasteiger partial charge in [0.2, 0.25) is 0 Å². The Morgan fingerprint density at radius 2 is 1.90 bits per heavy atom. The summed E-state index contributed by atoms with van der Waals surface area (Å²) in [6, 6.07) is 9.48. The lowest BCUT2D eigenvalue weighted by Crippen LogP contribution is -2.19. The summed E-state index contributed by atoms with van der Waals surface area (Å²) in [7, 11) is 0. The second-order valence-electron chi connectivity index (χ2n) is 6.15. The SMILES string of the molecule is Cc1ncc(N)cc1C(=O)Nc1ccccc1C(C)(C)C. The van der Waals surface area contributed by atoms with Gasteiger partial charge < -0.3 is 11.1 Å². The molecule has 21 heavy (non-hydrogen) atoms. The highest BCUT2D eigenvalue weighted by Crippen LogP contribution is 2.29. The maximum absolute atomic E-state index is 12.5. The first kappa shape index (κ1) is 15.0. The number of benzene rings is 1. The first-order valence-electron chi connectivity index (χ1n) is 6.92. The molecule has 0 aliphatic rings. The Kier molecular flexibility index (Phi) is 3.98. The van der Waals surface area contributed by atoms with E-state index in [9.17, 15) is 4.79 Å². The van der Waals surface area contributed by atoms with Crippen molar-refractivity contribution in [1.82, 2.24) is 4.98 Å². The van der Waals surface area contributed by atoms with Crippen LogP contribution >= 0.6 is 0 Å². The van der Waals surface area contributed by atoms with Gasteiger partial charge in [-0.2, -0.15) is 0 Å². The van der Waals surface area contributed by atoms with Gasteiger partial charge in [-0.05, 0) is 30.0 Å². The Hall–Kier alpha value is -2.36. The van der Waals surface area contributed by atoms with E-state index in [2.05, 4.69) is 31.1 Å². The molecule has 0 fully saturated rings. The van der Waals surface area contributed by atoms with Crippen LogP contribution in [0.15, 0.2) is 36.5 Å². The Bertz CT molecular complexity index is 672. The average Bonchev–Trinajstić information content (AvgIpc) is 2.41. The third-order valence-electron chi connectivity index (χ3n) is 3.34. The Labute approximate surface area is 125 Å². The number of nitrogens with zero attached hydrogens (tertiary/aromatic N) is 1. The highest BCUT2D eigenvalue weighted by atomic mass is 16.1. The number of amides is 1. The number of nitrogen functional groups attached to an aromatic ring is 1. The molecule has 0 bridgehead atoms. The molecule has 0 spiro atoms. The fraction of sp³-hybridized carbons (Fsp3) is 0.294. The van der Waals surface area contributed by atoms with Gasteiger partial charge in [0.05, 0.1) is 23.1 Å². The van der Waals surface area contributed by atoms with Crippen molar-refractivity contribution < 1.29 is 4.79 Å². The molecule has 0 saturated heterocycles. The fourth-order valence-corrected chi connectivity index (χ4v) is 2.21. The summed E-state index contributed by atoms with van der Waals surface area (Å²) in [5.41, 5.74) is 9.22. The molecule has 1 amide bonds. The molecule has 0 saturated carbocycles. The van der Waals surface area contributed by atoms with Crippen LogP contribution in [-0.4, -0.2) is 10.9 Å². The largest absolute Gasteiger partial charge is 0.397 e. The van der Waals surface area contributed by atoms with E-state index in [1.165, 1.54) is 0 Å². The highest BCUT2D eigenvalue weighted by molar-refractivity contribution is 6.05. The van der Waals surface area contributed by atoms with Crippen molar-refractivity contribution in [1.29, 1.82) is 0 Å². The molecule has 0 aliphatic carbocycles. The summed E-state index contributed by atoms with van der Waals surface area (Å²) >= 11 is 0. The summed E-state index contributed by atoms with van der Waals surface area (Å²) in [6.07, 6.45) is 1.55. The van der Waals surface area contributed by atoms with Crippen LogP contribution in [-0.2, 0) is 5.41 Å². The van der Waals surface area contributed by atoms with Crippen molar-refractivity contribution in [2.24, 2.45) is 0 Å². The van der Waals surface area contributed by atoms with Crippen molar-refractivity contribution in [2.75, 3.05) is 11.1 Å². The fourth-order valence-electron chi connectivity index (χ4n) is 2.21. The van der Waals surface area contributed by atoms with Crippen molar-refractivity contribution in [3.8, 4) is 0 Å². The van der Waals surface area contributed by atoms with E-state index < -0.39 is 0 Å². The number of aryl methyl sites for hydroxylation is 1. The van der Waals surface area contributed by atoms with E-state index in [-0.39, 0.29) is 11.3 Å².